The van der Waals surface area contributed by atoms with Crippen LogP contribution in [0.4, 0.5) is 5.95 Å². The fourth-order valence-corrected chi connectivity index (χ4v) is 9.52. The minimum Gasteiger partial charge on any atom is -0.497 e. The third-order valence-corrected chi connectivity index (χ3v) is 12.9. The van der Waals surface area contributed by atoms with Crippen LogP contribution in [0.15, 0.2) is 95.0 Å². The number of nitrogens with zero attached hydrogens (tertiary/aromatic N) is 8. The van der Waals surface area contributed by atoms with E-state index in [0.29, 0.717) is 24.7 Å². The summed E-state index contributed by atoms with van der Waals surface area (Å²) in [6.45, 7) is 9.37. The molecular formula is C47H62N9O8P. The normalized spacial score (nSPS) is 18.4. The second-order valence-electron chi connectivity index (χ2n) is 16.6. The highest BCUT2D eigenvalue weighted by Gasteiger charge is 2.52. The van der Waals surface area contributed by atoms with Gasteiger partial charge in [-0.05, 0) is 82.7 Å². The van der Waals surface area contributed by atoms with Crippen molar-refractivity contribution in [3.05, 3.63) is 112 Å². The van der Waals surface area contributed by atoms with E-state index in [4.69, 9.17) is 37.7 Å². The first kappa shape index (κ1) is 49.2. The number of fused-ring (bicyclic) bond motifs is 1. The number of methoxy groups -OCH3 is 2. The van der Waals surface area contributed by atoms with E-state index in [0.717, 1.165) is 16.7 Å². The molecule has 6 rings (SSSR count). The zero-order valence-electron chi connectivity index (χ0n) is 39.0. The Morgan fingerprint density at radius 2 is 1.52 bits per heavy atom. The van der Waals surface area contributed by atoms with Gasteiger partial charge in [-0.2, -0.15) is 10.2 Å². The third-order valence-electron chi connectivity index (χ3n) is 10.8. The fraction of sp³-hybridized carbons (Fsp3) is 0.468. The van der Waals surface area contributed by atoms with Crippen LogP contribution in [-0.2, 0) is 28.9 Å². The molecule has 0 bridgehead atoms. The Hall–Kier alpha value is -5.28. The molecule has 5 aromatic rings. The molecule has 18 heteroatoms. The lowest BCUT2D eigenvalue weighted by Gasteiger charge is -2.39. The van der Waals surface area contributed by atoms with Gasteiger partial charge in [0.05, 0.1) is 59.2 Å². The Kier molecular flexibility index (Phi) is 17.2. The number of nitrogens with one attached hydrogen (secondary N) is 1. The predicted molar refractivity (Wildman–Crippen MR) is 251 cm³/mol. The summed E-state index contributed by atoms with van der Waals surface area (Å²) in [7, 11) is 9.05. The summed E-state index contributed by atoms with van der Waals surface area (Å²) < 4.78 is 50.3. The number of aromatic nitrogens is 4. The Morgan fingerprint density at radius 3 is 2.08 bits per heavy atom. The van der Waals surface area contributed by atoms with E-state index in [1.807, 2.05) is 112 Å². The molecule has 3 aromatic carbocycles. The molecule has 1 unspecified atom stereocenters. The molecule has 0 radical (unpaired) electrons. The van der Waals surface area contributed by atoms with Gasteiger partial charge in [0.15, 0.2) is 17.4 Å². The van der Waals surface area contributed by atoms with Crippen molar-refractivity contribution in [3.8, 4) is 17.6 Å². The standard InChI is InChI=1S/C47H62N9O8P/c1-32(2)56(33(3)4)65(62-27-14-25-48)64-41-39(63-45(42(41)60-28-26-53(5)6)55-31-49-40-43(55)51-46(52-44(40)57)50-30-54(7)8)29-61-47(34-15-12-11-13-16-34,35-17-21-37(58-9)22-18-35)36-19-23-38(59-10)24-20-36/h11-13,15-24,30-33,39,41-42,45H,14,26-29H2,1-10H3,(H,51,52,57)/b50-30+/t39-,41-,42-,45-,65?/m1/s1. The van der Waals surface area contributed by atoms with E-state index in [9.17, 15) is 10.1 Å². The summed E-state index contributed by atoms with van der Waals surface area (Å²) in [5, 5.41) is 9.56. The first-order valence-corrected chi connectivity index (χ1v) is 22.8. The summed E-state index contributed by atoms with van der Waals surface area (Å²) in [5.41, 5.74) is 1.24. The number of aliphatic imine (C=N–C) groups is 1. The number of likely N-dealkylation sites (N-methyl/N-ethyl adjacent to an activating group) is 1. The van der Waals surface area contributed by atoms with Crippen molar-refractivity contribution in [2.75, 3.05) is 68.8 Å². The van der Waals surface area contributed by atoms with Crippen LogP contribution in [0.3, 0.4) is 0 Å². The van der Waals surface area contributed by atoms with Gasteiger partial charge in [-0.3, -0.25) is 14.3 Å². The Bertz CT molecular complexity index is 2330. The molecule has 1 aliphatic rings. The molecule has 17 nitrogen and oxygen atoms in total. The van der Waals surface area contributed by atoms with Crippen LogP contribution >= 0.6 is 8.53 Å². The zero-order valence-corrected chi connectivity index (χ0v) is 39.8. The molecule has 1 N–H and O–H groups in total. The smallest absolute Gasteiger partial charge is 0.280 e. The summed E-state index contributed by atoms with van der Waals surface area (Å²) in [6, 6.07) is 27.9. The van der Waals surface area contributed by atoms with Crippen molar-refractivity contribution in [2.24, 2.45) is 4.99 Å². The number of nitriles is 1. The minimum absolute atomic E-state index is 0.00894. The topological polar surface area (TPSA) is 174 Å². The summed E-state index contributed by atoms with van der Waals surface area (Å²) in [6.07, 6.45) is -0.124. The van der Waals surface area contributed by atoms with E-state index in [-0.39, 0.29) is 48.8 Å². The van der Waals surface area contributed by atoms with Crippen LogP contribution in [0, 0.1) is 11.3 Å². The molecule has 2 aromatic heterocycles. The Balaban J connectivity index is 1.54. The summed E-state index contributed by atoms with van der Waals surface area (Å²) in [5.74, 6) is 1.48. The van der Waals surface area contributed by atoms with Gasteiger partial charge in [0.1, 0.15) is 35.4 Å². The van der Waals surface area contributed by atoms with Gasteiger partial charge in [-0.15, -0.1) is 0 Å². The molecule has 1 saturated heterocycles. The van der Waals surface area contributed by atoms with E-state index < -0.39 is 44.2 Å². The monoisotopic (exact) mass is 911 g/mol. The largest absolute Gasteiger partial charge is 0.497 e. The quantitative estimate of drug-likeness (QED) is 0.0236. The van der Waals surface area contributed by atoms with Crippen molar-refractivity contribution >= 4 is 32.0 Å². The van der Waals surface area contributed by atoms with Gasteiger partial charge in [-0.1, -0.05) is 54.6 Å². The lowest BCUT2D eigenvalue weighted by atomic mass is 9.80. The highest BCUT2D eigenvalue weighted by Crippen LogP contribution is 2.51. The number of ether oxygens (including phenoxy) is 5. The second kappa shape index (κ2) is 22.8. The number of hydrogen-bond acceptors (Lipinski definition) is 14. The number of imidazole rings is 1. The van der Waals surface area contributed by atoms with E-state index in [1.165, 1.54) is 6.33 Å². The van der Waals surface area contributed by atoms with Crippen molar-refractivity contribution in [1.29, 1.82) is 5.26 Å². The molecule has 65 heavy (non-hydrogen) atoms. The van der Waals surface area contributed by atoms with Gasteiger partial charge in [0, 0.05) is 32.7 Å². The fourth-order valence-electron chi connectivity index (χ4n) is 7.75. The van der Waals surface area contributed by atoms with Crippen LogP contribution in [0.5, 0.6) is 11.5 Å². The zero-order chi connectivity index (χ0) is 46.7. The molecule has 5 atom stereocenters. The highest BCUT2D eigenvalue weighted by atomic mass is 31.2. The average Bonchev–Trinajstić information content (AvgIpc) is 3.87. The lowest BCUT2D eigenvalue weighted by Crippen LogP contribution is -2.43. The molecule has 0 saturated carbocycles. The maximum atomic E-state index is 13.5. The van der Waals surface area contributed by atoms with Crippen LogP contribution < -0.4 is 15.0 Å². The van der Waals surface area contributed by atoms with Crippen LogP contribution in [-0.4, -0.2) is 139 Å². The number of H-pyrrole nitrogens is 1. The highest BCUT2D eigenvalue weighted by molar-refractivity contribution is 7.44. The molecule has 0 aliphatic carbocycles. The van der Waals surface area contributed by atoms with Gasteiger partial charge in [0.2, 0.25) is 5.95 Å². The van der Waals surface area contributed by atoms with E-state index >= 15 is 0 Å². The van der Waals surface area contributed by atoms with Crippen LogP contribution in [0.1, 0.15) is 57.0 Å². The molecule has 0 amide bonds. The minimum atomic E-state index is -1.81. The maximum Gasteiger partial charge on any atom is 0.280 e. The predicted octanol–water partition coefficient (Wildman–Crippen LogP) is 6.87. The van der Waals surface area contributed by atoms with Crippen LogP contribution in [0.25, 0.3) is 11.2 Å². The second-order valence-corrected chi connectivity index (χ2v) is 18.0. The van der Waals surface area contributed by atoms with Crippen LogP contribution in [0.2, 0.25) is 0 Å². The molecule has 1 fully saturated rings. The van der Waals surface area contributed by atoms with Gasteiger partial charge >= 0.3 is 0 Å². The number of aromatic amines is 1. The maximum absolute atomic E-state index is 13.5. The first-order chi connectivity index (χ1) is 31.3. The molecule has 348 valence electrons. The van der Waals surface area contributed by atoms with Gasteiger partial charge < -0.3 is 42.5 Å². The van der Waals surface area contributed by atoms with Gasteiger partial charge in [-0.25, -0.2) is 14.6 Å². The third kappa shape index (κ3) is 11.6. The number of rotatable bonds is 23. The van der Waals surface area contributed by atoms with Gasteiger partial charge in [0.25, 0.3) is 14.1 Å². The number of hydrogen-bond donors (Lipinski definition) is 1. The van der Waals surface area contributed by atoms with E-state index in [2.05, 4.69) is 53.4 Å². The van der Waals surface area contributed by atoms with Crippen molar-refractivity contribution in [2.45, 2.75) is 76.3 Å². The molecule has 3 heterocycles. The summed E-state index contributed by atoms with van der Waals surface area (Å²) in [4.78, 5) is 33.6. The lowest BCUT2D eigenvalue weighted by molar-refractivity contribution is -0.0956. The Morgan fingerprint density at radius 1 is 0.908 bits per heavy atom. The molecule has 1 aliphatic heterocycles. The number of benzene rings is 3. The SMILES string of the molecule is COc1ccc(C(OC[C@H]2O[C@@H](n3cnc4c(=O)[nH]c(/N=C/N(C)C)nc43)[C@H](OCCN(C)C)[C@@H]2OP(OCCC#N)N(C(C)C)C(C)C)(c2ccccc2)c2ccc(OC)cc2)cc1. The van der Waals surface area contributed by atoms with Crippen molar-refractivity contribution < 1.29 is 32.7 Å². The summed E-state index contributed by atoms with van der Waals surface area (Å²) >= 11 is 0. The average molecular weight is 912 g/mol. The van der Waals surface area contributed by atoms with Crippen molar-refractivity contribution in [3.63, 3.8) is 0 Å². The Labute approximate surface area is 382 Å². The first-order valence-electron chi connectivity index (χ1n) is 21.6. The molecular weight excluding hydrogens is 850 g/mol. The van der Waals surface area contributed by atoms with Crippen molar-refractivity contribution in [1.82, 2.24) is 34.0 Å². The van der Waals surface area contributed by atoms with E-state index in [1.54, 1.807) is 30.0 Å². The molecule has 0 spiro atoms.